The van der Waals surface area contributed by atoms with E-state index < -0.39 is 30.8 Å². The molecule has 0 bridgehead atoms. The third kappa shape index (κ3) is 11.1. The molecule has 2 unspecified atom stereocenters. The average Bonchev–Trinajstić information content (AvgIpc) is 3.14. The van der Waals surface area contributed by atoms with E-state index in [1.165, 1.54) is 82.0 Å². The van der Waals surface area contributed by atoms with Crippen LogP contribution in [0.5, 0.6) is 40.2 Å². The molecule has 0 aliphatic rings. The summed E-state index contributed by atoms with van der Waals surface area (Å²) in [5, 5.41) is 40.4. The van der Waals surface area contributed by atoms with E-state index in [4.69, 9.17) is 28.4 Å². The van der Waals surface area contributed by atoms with Crippen molar-refractivity contribution in [2.45, 2.75) is 12.2 Å². The molecule has 51 heavy (non-hydrogen) atoms. The zero-order valence-electron chi connectivity index (χ0n) is 28.1. The van der Waals surface area contributed by atoms with E-state index in [0.717, 1.165) is 5.56 Å². The minimum absolute atomic E-state index is 0.0292. The lowest BCUT2D eigenvalue weighted by Gasteiger charge is -2.26. The van der Waals surface area contributed by atoms with E-state index in [0.29, 0.717) is 16.7 Å². The molecular weight excluding hydrogens is 660 g/mol. The maximum absolute atomic E-state index is 12.7. The first-order valence-electron chi connectivity index (χ1n) is 15.5. The third-order valence-corrected chi connectivity index (χ3v) is 7.28. The van der Waals surface area contributed by atoms with Gasteiger partial charge in [0.05, 0.1) is 21.3 Å². The van der Waals surface area contributed by atoms with Gasteiger partial charge in [0.1, 0.15) is 30.8 Å². The first-order chi connectivity index (χ1) is 24.6. The van der Waals surface area contributed by atoms with Gasteiger partial charge in [0.25, 0.3) is 0 Å². The summed E-state index contributed by atoms with van der Waals surface area (Å²) in [6, 6.07) is 20.1. The summed E-state index contributed by atoms with van der Waals surface area (Å²) >= 11 is 0. The van der Waals surface area contributed by atoms with Gasteiger partial charge in [0, 0.05) is 12.2 Å². The Balaban J connectivity index is 1.51. The highest BCUT2D eigenvalue weighted by molar-refractivity contribution is 5.87. The quantitative estimate of drug-likeness (QED) is 0.0816. The lowest BCUT2D eigenvalue weighted by Crippen LogP contribution is -2.31. The molecule has 0 fully saturated rings. The lowest BCUT2D eigenvalue weighted by atomic mass is 10.0. The van der Waals surface area contributed by atoms with E-state index in [1.54, 1.807) is 54.6 Å². The number of aromatic hydroxyl groups is 3. The molecule has 2 atom stereocenters. The fourth-order valence-corrected chi connectivity index (χ4v) is 4.62. The van der Waals surface area contributed by atoms with Crippen LogP contribution in [0.1, 0.15) is 28.4 Å². The highest BCUT2D eigenvalue weighted by Gasteiger charge is 2.28. The highest BCUT2D eigenvalue weighted by Crippen LogP contribution is 2.41. The van der Waals surface area contributed by atoms with Crippen molar-refractivity contribution in [2.75, 3.05) is 34.5 Å². The van der Waals surface area contributed by atoms with Gasteiger partial charge in [-0.3, -0.25) is 0 Å². The monoisotopic (exact) mass is 698 g/mol. The summed E-state index contributed by atoms with van der Waals surface area (Å²) in [6.45, 7) is -0.442. The molecule has 266 valence electrons. The Morgan fingerprint density at radius 2 is 1.18 bits per heavy atom. The fraction of sp³-hybridized carbons (Fsp3) is 0.179. The topological polar surface area (TPSA) is 170 Å². The van der Waals surface area contributed by atoms with Crippen LogP contribution in [0.4, 0.5) is 0 Å². The summed E-state index contributed by atoms with van der Waals surface area (Å²) < 4.78 is 33.3. The van der Waals surface area contributed by atoms with Crippen LogP contribution in [-0.2, 0) is 19.1 Å². The van der Waals surface area contributed by atoms with E-state index in [9.17, 15) is 30.0 Å². The Labute approximate surface area is 294 Å². The minimum atomic E-state index is -1.39. The molecule has 12 nitrogen and oxygen atoms in total. The van der Waals surface area contributed by atoms with Crippen LogP contribution in [0.2, 0.25) is 0 Å². The van der Waals surface area contributed by atoms with Crippen LogP contribution < -0.4 is 18.9 Å². The number of esters is 2. The molecule has 4 aromatic carbocycles. The van der Waals surface area contributed by atoms with Gasteiger partial charge in [-0.2, -0.15) is 0 Å². The number of hydrogen-bond donors (Lipinski definition) is 4. The number of phenolic OH excluding ortho intramolecular Hbond substituents is 3. The zero-order valence-corrected chi connectivity index (χ0v) is 28.1. The van der Waals surface area contributed by atoms with Crippen LogP contribution in [0, 0.1) is 0 Å². The van der Waals surface area contributed by atoms with E-state index in [-0.39, 0.29) is 46.9 Å². The summed E-state index contributed by atoms with van der Waals surface area (Å²) in [4.78, 5) is 24.8. The van der Waals surface area contributed by atoms with Gasteiger partial charge in [-0.15, -0.1) is 0 Å². The van der Waals surface area contributed by atoms with Crippen molar-refractivity contribution in [3.8, 4) is 40.2 Å². The third-order valence-electron chi connectivity index (χ3n) is 7.28. The molecule has 4 aromatic rings. The van der Waals surface area contributed by atoms with Crippen LogP contribution in [0.15, 0.2) is 97.1 Å². The van der Waals surface area contributed by atoms with E-state index in [2.05, 4.69) is 0 Å². The van der Waals surface area contributed by atoms with Crippen molar-refractivity contribution in [3.63, 3.8) is 0 Å². The molecule has 0 spiro atoms. The SMILES string of the molecule is COc1cc(C(O)C(COC(=O)/C=C/c2ccc(O)cc2)Oc2c(OC)cc(/C=C/COC(=O)/C=C/c3ccc(O)cc3)cc2OC)ccc1O. The fourth-order valence-electron chi connectivity index (χ4n) is 4.62. The van der Waals surface area contributed by atoms with Crippen molar-refractivity contribution in [3.05, 3.63) is 119 Å². The molecule has 4 rings (SSSR count). The van der Waals surface area contributed by atoms with Crippen molar-refractivity contribution < 1.29 is 58.4 Å². The maximum Gasteiger partial charge on any atom is 0.331 e. The number of benzene rings is 4. The van der Waals surface area contributed by atoms with Crippen LogP contribution in [0.3, 0.4) is 0 Å². The number of carbonyl (C=O) groups is 2. The number of ether oxygens (including phenoxy) is 6. The van der Waals surface area contributed by atoms with Gasteiger partial charge in [-0.05, 0) is 89.0 Å². The predicted octanol–water partition coefficient (Wildman–Crippen LogP) is 5.84. The van der Waals surface area contributed by atoms with Gasteiger partial charge < -0.3 is 48.8 Å². The molecular formula is C39H38O12. The second-order valence-corrected chi connectivity index (χ2v) is 10.8. The molecule has 0 heterocycles. The van der Waals surface area contributed by atoms with Crippen molar-refractivity contribution in [1.29, 1.82) is 0 Å². The van der Waals surface area contributed by atoms with E-state index >= 15 is 0 Å². The first-order valence-corrected chi connectivity index (χ1v) is 15.5. The second-order valence-electron chi connectivity index (χ2n) is 10.8. The summed E-state index contributed by atoms with van der Waals surface area (Å²) in [6.07, 6.45) is 6.26. The molecule has 0 aliphatic carbocycles. The number of rotatable bonds is 16. The molecule has 0 saturated heterocycles. The molecule has 0 aromatic heterocycles. The molecule has 0 aliphatic heterocycles. The summed E-state index contributed by atoms with van der Waals surface area (Å²) in [5.74, 6) is -0.535. The Bertz CT molecular complexity index is 1840. The number of methoxy groups -OCH3 is 3. The lowest BCUT2D eigenvalue weighted by molar-refractivity contribution is -0.142. The smallest absolute Gasteiger partial charge is 0.331 e. The number of phenols is 3. The Hall–Kier alpha value is -6.40. The predicted molar refractivity (Wildman–Crippen MR) is 189 cm³/mol. The minimum Gasteiger partial charge on any atom is -0.508 e. The van der Waals surface area contributed by atoms with Gasteiger partial charge in [0.15, 0.2) is 29.1 Å². The normalized spacial score (nSPS) is 12.5. The van der Waals surface area contributed by atoms with Crippen LogP contribution >= 0.6 is 0 Å². The molecule has 4 N–H and O–H groups in total. The number of carbonyl (C=O) groups excluding carboxylic acids is 2. The van der Waals surface area contributed by atoms with Gasteiger partial charge in [0.2, 0.25) is 5.75 Å². The maximum atomic E-state index is 12.7. The number of aliphatic hydroxyl groups is 1. The number of aliphatic hydroxyl groups excluding tert-OH is 1. The molecule has 12 heteroatoms. The molecule has 0 amide bonds. The first kappa shape index (κ1) is 37.4. The standard InChI is InChI=1S/C39H38O12/c1-46-32-23-28(12-17-31(32)42)38(45)35(24-50-37(44)19-11-26-8-15-30(41)16-9-26)51-39-33(47-2)21-27(22-34(39)48-3)5-4-20-49-36(43)18-10-25-6-13-29(40)14-7-25/h4-19,21-23,35,38,40-42,45H,20,24H2,1-3H3/b5-4+,18-10+,19-11+. The summed E-state index contributed by atoms with van der Waals surface area (Å²) in [5.41, 5.74) is 2.28. The molecule has 0 saturated carbocycles. The van der Waals surface area contributed by atoms with Crippen molar-refractivity contribution in [1.82, 2.24) is 0 Å². The zero-order chi connectivity index (χ0) is 36.8. The van der Waals surface area contributed by atoms with Gasteiger partial charge >= 0.3 is 11.9 Å². The Morgan fingerprint density at radius 1 is 0.647 bits per heavy atom. The van der Waals surface area contributed by atoms with Crippen molar-refractivity contribution >= 4 is 30.2 Å². The van der Waals surface area contributed by atoms with Gasteiger partial charge in [-0.25, -0.2) is 9.59 Å². The summed E-state index contributed by atoms with van der Waals surface area (Å²) in [7, 11) is 4.21. The Kier molecular flexibility index (Phi) is 13.5. The average molecular weight is 699 g/mol. The van der Waals surface area contributed by atoms with Gasteiger partial charge in [-0.1, -0.05) is 36.4 Å². The van der Waals surface area contributed by atoms with Crippen LogP contribution in [0.25, 0.3) is 18.2 Å². The number of hydrogen-bond acceptors (Lipinski definition) is 12. The largest absolute Gasteiger partial charge is 0.508 e. The van der Waals surface area contributed by atoms with Crippen LogP contribution in [-0.4, -0.2) is 73.0 Å². The molecule has 0 radical (unpaired) electrons. The van der Waals surface area contributed by atoms with E-state index in [1.807, 2.05) is 0 Å². The highest BCUT2D eigenvalue weighted by atomic mass is 16.6. The van der Waals surface area contributed by atoms with Crippen molar-refractivity contribution in [2.24, 2.45) is 0 Å². The second kappa shape index (κ2) is 18.4. The Morgan fingerprint density at radius 3 is 1.71 bits per heavy atom.